The van der Waals surface area contributed by atoms with Crippen LogP contribution in [0.4, 0.5) is 0 Å². The molecule has 0 N–H and O–H groups in total. The number of unbranched alkanes of at least 4 members (excludes halogenated alkanes) is 7. The maximum atomic E-state index is 5.60. The van der Waals surface area contributed by atoms with Crippen molar-refractivity contribution in [3.63, 3.8) is 0 Å². The van der Waals surface area contributed by atoms with Crippen LogP contribution in [-0.2, 0) is 37.9 Å². The van der Waals surface area contributed by atoms with E-state index in [4.69, 9.17) is 44.3 Å². The van der Waals surface area contributed by atoms with Crippen LogP contribution >= 0.6 is 0 Å². The molecular formula is C27H52O8. The van der Waals surface area contributed by atoms with Crippen molar-refractivity contribution in [3.05, 3.63) is 0 Å². The molecule has 0 saturated carbocycles. The molecule has 0 bridgehead atoms. The number of hydrogen-bond acceptors (Lipinski definition) is 8. The van der Waals surface area contributed by atoms with Gasteiger partial charge in [0.25, 0.3) is 0 Å². The van der Waals surface area contributed by atoms with Gasteiger partial charge in [0, 0.05) is 6.61 Å². The van der Waals surface area contributed by atoms with E-state index in [9.17, 15) is 0 Å². The second kappa shape index (κ2) is 33.2. The summed E-state index contributed by atoms with van der Waals surface area (Å²) in [5.41, 5.74) is 0. The minimum atomic E-state index is 0.318. The van der Waals surface area contributed by atoms with E-state index < -0.39 is 0 Å². The number of hydrogen-bond donors (Lipinski definition) is 0. The summed E-state index contributed by atoms with van der Waals surface area (Å²) in [7, 11) is 0. The standard InChI is InChI=1S/C27H52O8/c1-3-5-6-7-8-9-10-11-13-29-15-17-31-19-21-33-23-25-35-27-26-34-24-22-32-20-18-30-16-14-28-12-4-2/h2H,3,5-27H2,1H3. The van der Waals surface area contributed by atoms with Gasteiger partial charge in [-0.3, -0.25) is 0 Å². The Kier molecular flexibility index (Phi) is 32.5. The van der Waals surface area contributed by atoms with Crippen molar-refractivity contribution in [2.45, 2.75) is 58.3 Å². The minimum Gasteiger partial charge on any atom is -0.379 e. The van der Waals surface area contributed by atoms with Gasteiger partial charge in [0.05, 0.1) is 92.5 Å². The van der Waals surface area contributed by atoms with Gasteiger partial charge in [-0.05, 0) is 6.42 Å². The summed E-state index contributed by atoms with van der Waals surface area (Å²) >= 11 is 0. The lowest BCUT2D eigenvalue weighted by molar-refractivity contribution is -0.0225. The third kappa shape index (κ3) is 33.2. The fourth-order valence-corrected chi connectivity index (χ4v) is 3.01. The minimum absolute atomic E-state index is 0.318. The molecule has 0 atom stereocenters. The first-order chi connectivity index (χ1) is 17.4. The lowest BCUT2D eigenvalue weighted by Crippen LogP contribution is -2.15. The van der Waals surface area contributed by atoms with Crippen LogP contribution in [-0.4, -0.2) is 106 Å². The normalized spacial score (nSPS) is 11.2. The summed E-state index contributed by atoms with van der Waals surface area (Å²) in [5.74, 6) is 2.40. The summed E-state index contributed by atoms with van der Waals surface area (Å²) in [5, 5.41) is 0. The van der Waals surface area contributed by atoms with E-state index in [1.807, 2.05) is 0 Å². The Labute approximate surface area is 214 Å². The Morgan fingerprint density at radius 1 is 0.371 bits per heavy atom. The molecule has 0 heterocycles. The molecule has 208 valence electrons. The predicted molar refractivity (Wildman–Crippen MR) is 138 cm³/mol. The third-order valence-electron chi connectivity index (χ3n) is 4.93. The predicted octanol–water partition coefficient (Wildman–Crippen LogP) is 3.89. The number of rotatable bonds is 31. The van der Waals surface area contributed by atoms with E-state index in [1.54, 1.807) is 0 Å². The first-order valence-electron chi connectivity index (χ1n) is 13.5. The molecule has 0 aliphatic carbocycles. The van der Waals surface area contributed by atoms with Crippen molar-refractivity contribution in [2.75, 3.05) is 106 Å². The van der Waals surface area contributed by atoms with Gasteiger partial charge < -0.3 is 37.9 Å². The summed E-state index contributed by atoms with van der Waals surface area (Å²) in [6.07, 6.45) is 15.6. The first-order valence-corrected chi connectivity index (χ1v) is 13.5. The van der Waals surface area contributed by atoms with Crippen LogP contribution in [0.15, 0.2) is 0 Å². The Morgan fingerprint density at radius 3 is 1.00 bits per heavy atom. The smallest absolute Gasteiger partial charge is 0.107 e. The van der Waals surface area contributed by atoms with Gasteiger partial charge in [-0.15, -0.1) is 6.42 Å². The molecule has 0 aromatic carbocycles. The Morgan fingerprint density at radius 2 is 0.657 bits per heavy atom. The molecule has 0 amide bonds. The fraction of sp³-hybridized carbons (Fsp3) is 0.926. The largest absolute Gasteiger partial charge is 0.379 e. The van der Waals surface area contributed by atoms with Gasteiger partial charge in [-0.1, -0.05) is 57.8 Å². The molecule has 0 aliphatic rings. The average Bonchev–Trinajstić information content (AvgIpc) is 2.87. The maximum Gasteiger partial charge on any atom is 0.107 e. The fourth-order valence-electron chi connectivity index (χ4n) is 3.01. The third-order valence-corrected chi connectivity index (χ3v) is 4.93. The maximum absolute atomic E-state index is 5.60. The summed E-state index contributed by atoms with van der Waals surface area (Å²) in [4.78, 5) is 0. The van der Waals surface area contributed by atoms with Crippen LogP contribution in [0.5, 0.6) is 0 Å². The zero-order valence-electron chi connectivity index (χ0n) is 22.3. The molecule has 0 rings (SSSR count). The topological polar surface area (TPSA) is 73.8 Å². The highest BCUT2D eigenvalue weighted by molar-refractivity contribution is 4.82. The molecule has 0 radical (unpaired) electrons. The van der Waals surface area contributed by atoms with E-state index in [1.165, 1.54) is 44.9 Å². The SMILES string of the molecule is C#CCOCCOCCOCCOCCOCCOCCOCCOCCCCCCCCCC. The van der Waals surface area contributed by atoms with Crippen molar-refractivity contribution in [3.8, 4) is 12.3 Å². The summed E-state index contributed by atoms with van der Waals surface area (Å²) in [6.45, 7) is 11.1. The van der Waals surface area contributed by atoms with E-state index in [-0.39, 0.29) is 0 Å². The second-order valence-corrected chi connectivity index (χ2v) is 8.02. The van der Waals surface area contributed by atoms with Gasteiger partial charge in [-0.25, -0.2) is 0 Å². The Bertz CT molecular complexity index is 416. The molecule has 35 heavy (non-hydrogen) atoms. The van der Waals surface area contributed by atoms with Gasteiger partial charge >= 0.3 is 0 Å². The van der Waals surface area contributed by atoms with Gasteiger partial charge in [0.1, 0.15) is 6.61 Å². The van der Waals surface area contributed by atoms with Gasteiger partial charge in [0.2, 0.25) is 0 Å². The molecule has 0 aliphatic heterocycles. The Balaban J connectivity index is 3.00. The molecule has 0 unspecified atom stereocenters. The summed E-state index contributed by atoms with van der Waals surface area (Å²) < 4.78 is 43.3. The van der Waals surface area contributed by atoms with E-state index in [0.717, 1.165) is 13.0 Å². The lowest BCUT2D eigenvalue weighted by atomic mass is 10.1. The average molecular weight is 505 g/mol. The molecule has 0 spiro atoms. The highest BCUT2D eigenvalue weighted by atomic mass is 16.6. The summed E-state index contributed by atoms with van der Waals surface area (Å²) in [6, 6.07) is 0. The first kappa shape index (κ1) is 34.2. The van der Waals surface area contributed by atoms with Crippen LogP contribution in [0.3, 0.4) is 0 Å². The van der Waals surface area contributed by atoms with Crippen molar-refractivity contribution < 1.29 is 37.9 Å². The molecule has 0 aromatic rings. The van der Waals surface area contributed by atoms with Crippen molar-refractivity contribution in [2.24, 2.45) is 0 Å². The van der Waals surface area contributed by atoms with E-state index >= 15 is 0 Å². The monoisotopic (exact) mass is 504 g/mol. The zero-order valence-corrected chi connectivity index (χ0v) is 22.3. The molecule has 8 heteroatoms. The van der Waals surface area contributed by atoms with Crippen LogP contribution < -0.4 is 0 Å². The van der Waals surface area contributed by atoms with E-state index in [0.29, 0.717) is 99.1 Å². The van der Waals surface area contributed by atoms with E-state index in [2.05, 4.69) is 12.8 Å². The molecule has 0 fully saturated rings. The molecule has 8 nitrogen and oxygen atoms in total. The van der Waals surface area contributed by atoms with Crippen molar-refractivity contribution >= 4 is 0 Å². The second-order valence-electron chi connectivity index (χ2n) is 8.02. The van der Waals surface area contributed by atoms with Crippen molar-refractivity contribution in [1.29, 1.82) is 0 Å². The molecule has 0 aromatic heterocycles. The lowest BCUT2D eigenvalue weighted by Gasteiger charge is -2.08. The van der Waals surface area contributed by atoms with Crippen molar-refractivity contribution in [1.82, 2.24) is 0 Å². The number of ether oxygens (including phenoxy) is 8. The van der Waals surface area contributed by atoms with Crippen LogP contribution in [0, 0.1) is 12.3 Å². The quantitative estimate of drug-likeness (QED) is 0.104. The molecule has 0 saturated heterocycles. The highest BCUT2D eigenvalue weighted by Crippen LogP contribution is 2.08. The number of terminal acetylenes is 1. The highest BCUT2D eigenvalue weighted by Gasteiger charge is 1.96. The van der Waals surface area contributed by atoms with Crippen LogP contribution in [0.2, 0.25) is 0 Å². The zero-order chi connectivity index (χ0) is 25.3. The van der Waals surface area contributed by atoms with Gasteiger partial charge in [-0.2, -0.15) is 0 Å². The van der Waals surface area contributed by atoms with Crippen LogP contribution in [0.1, 0.15) is 58.3 Å². The Hall–Kier alpha value is -0.760. The van der Waals surface area contributed by atoms with Gasteiger partial charge in [0.15, 0.2) is 0 Å². The molecular weight excluding hydrogens is 452 g/mol. The van der Waals surface area contributed by atoms with Crippen LogP contribution in [0.25, 0.3) is 0 Å².